The topological polar surface area (TPSA) is 61.7 Å². The van der Waals surface area contributed by atoms with E-state index in [0.29, 0.717) is 15.6 Å². The van der Waals surface area contributed by atoms with Crippen molar-refractivity contribution in [2.45, 2.75) is 6.92 Å². The van der Waals surface area contributed by atoms with Crippen LogP contribution in [0.15, 0.2) is 52.0 Å². The number of carbonyl (C=O) groups excluding carboxylic acids is 1. The average Bonchev–Trinajstić information content (AvgIpc) is 2.43. The maximum Gasteiger partial charge on any atom is 0.272 e. The Kier molecular flexibility index (Phi) is 4.53. The summed E-state index contributed by atoms with van der Waals surface area (Å²) in [4.78, 5) is 11.9. The van der Waals surface area contributed by atoms with E-state index in [0.717, 1.165) is 5.56 Å². The van der Waals surface area contributed by atoms with Gasteiger partial charge in [0.05, 0.1) is 11.8 Å². The molecule has 0 spiro atoms. The zero-order chi connectivity index (χ0) is 14.5. The molecule has 2 aromatic carbocycles. The standard InChI is InChI=1S/C15H13BrN2O2/c1-10-6-7-14(19)11(8-10)9-17-18-15(20)12-4-2-3-5-13(12)16/h2-9,19H,1H3,(H,18,20). The van der Waals surface area contributed by atoms with E-state index in [9.17, 15) is 9.90 Å². The fourth-order valence-corrected chi connectivity index (χ4v) is 2.11. The van der Waals surface area contributed by atoms with Crippen molar-refractivity contribution >= 4 is 28.1 Å². The maximum absolute atomic E-state index is 11.9. The molecular formula is C15H13BrN2O2. The fourth-order valence-electron chi connectivity index (χ4n) is 1.64. The number of carbonyl (C=O) groups is 1. The number of aryl methyl sites for hydroxylation is 1. The number of phenols is 1. The summed E-state index contributed by atoms with van der Waals surface area (Å²) in [6, 6.07) is 12.2. The molecule has 5 heteroatoms. The van der Waals surface area contributed by atoms with Gasteiger partial charge in [0.2, 0.25) is 0 Å². The van der Waals surface area contributed by atoms with Crippen LogP contribution < -0.4 is 5.43 Å². The molecule has 2 aromatic rings. The number of aromatic hydroxyl groups is 1. The van der Waals surface area contributed by atoms with Gasteiger partial charge in [0.25, 0.3) is 5.91 Å². The zero-order valence-electron chi connectivity index (χ0n) is 10.8. The molecule has 0 aromatic heterocycles. The van der Waals surface area contributed by atoms with E-state index < -0.39 is 0 Å². The third-order valence-corrected chi connectivity index (χ3v) is 3.36. The predicted octanol–water partition coefficient (Wildman–Crippen LogP) is 3.23. The lowest BCUT2D eigenvalue weighted by Gasteiger charge is -2.03. The number of nitrogens with one attached hydrogen (secondary N) is 1. The van der Waals surface area contributed by atoms with Gasteiger partial charge in [-0.25, -0.2) is 5.43 Å². The van der Waals surface area contributed by atoms with Gasteiger partial charge in [-0.2, -0.15) is 5.10 Å². The van der Waals surface area contributed by atoms with Crippen LogP contribution in [0.4, 0.5) is 0 Å². The van der Waals surface area contributed by atoms with Crippen molar-refractivity contribution in [3.63, 3.8) is 0 Å². The number of rotatable bonds is 3. The highest BCUT2D eigenvalue weighted by atomic mass is 79.9. The molecule has 0 saturated carbocycles. The Bertz CT molecular complexity index is 669. The quantitative estimate of drug-likeness (QED) is 0.669. The number of hydrogen-bond donors (Lipinski definition) is 2. The summed E-state index contributed by atoms with van der Waals surface area (Å²) in [6.07, 6.45) is 1.41. The molecule has 102 valence electrons. The van der Waals surface area contributed by atoms with E-state index in [1.54, 1.807) is 36.4 Å². The summed E-state index contributed by atoms with van der Waals surface area (Å²) in [7, 11) is 0. The molecule has 0 fully saturated rings. The minimum absolute atomic E-state index is 0.120. The Morgan fingerprint density at radius 2 is 2.05 bits per heavy atom. The molecule has 0 aliphatic carbocycles. The van der Waals surface area contributed by atoms with Gasteiger partial charge in [0.15, 0.2) is 0 Å². The van der Waals surface area contributed by atoms with Crippen molar-refractivity contribution in [3.05, 3.63) is 63.6 Å². The van der Waals surface area contributed by atoms with Crippen molar-refractivity contribution in [3.8, 4) is 5.75 Å². The summed E-state index contributed by atoms with van der Waals surface area (Å²) < 4.78 is 0.700. The molecule has 4 nitrogen and oxygen atoms in total. The van der Waals surface area contributed by atoms with Gasteiger partial charge in [-0.1, -0.05) is 23.8 Å². The first kappa shape index (κ1) is 14.3. The lowest BCUT2D eigenvalue weighted by atomic mass is 10.1. The SMILES string of the molecule is Cc1ccc(O)c(C=NNC(=O)c2ccccc2Br)c1. The Morgan fingerprint density at radius 3 is 2.80 bits per heavy atom. The van der Waals surface area contributed by atoms with E-state index in [2.05, 4.69) is 26.5 Å². The van der Waals surface area contributed by atoms with Crippen LogP contribution in [0.2, 0.25) is 0 Å². The first-order valence-electron chi connectivity index (χ1n) is 5.95. The van der Waals surface area contributed by atoms with Gasteiger partial charge in [-0.15, -0.1) is 0 Å². The third kappa shape index (κ3) is 3.45. The number of hydrazone groups is 1. The average molecular weight is 333 g/mol. The second-order valence-corrected chi connectivity index (χ2v) is 5.10. The van der Waals surface area contributed by atoms with Crippen molar-refractivity contribution in [1.82, 2.24) is 5.43 Å². The zero-order valence-corrected chi connectivity index (χ0v) is 12.4. The van der Waals surface area contributed by atoms with Gasteiger partial charge >= 0.3 is 0 Å². The predicted molar refractivity (Wildman–Crippen MR) is 82.0 cm³/mol. The number of amides is 1. The summed E-state index contributed by atoms with van der Waals surface area (Å²) in [5.41, 5.74) is 4.48. The third-order valence-electron chi connectivity index (χ3n) is 2.67. The van der Waals surface area contributed by atoms with Gasteiger partial charge < -0.3 is 5.11 Å². The van der Waals surface area contributed by atoms with Gasteiger partial charge in [0, 0.05) is 10.0 Å². The van der Waals surface area contributed by atoms with Crippen LogP contribution in [0.1, 0.15) is 21.5 Å². The normalized spacial score (nSPS) is 10.7. The number of benzene rings is 2. The second kappa shape index (κ2) is 6.34. The van der Waals surface area contributed by atoms with Gasteiger partial charge in [-0.05, 0) is 47.1 Å². The monoisotopic (exact) mass is 332 g/mol. The van der Waals surface area contributed by atoms with Crippen LogP contribution in [0, 0.1) is 6.92 Å². The van der Waals surface area contributed by atoms with E-state index in [1.807, 2.05) is 13.0 Å². The molecule has 1 amide bonds. The molecule has 0 bridgehead atoms. The van der Waals surface area contributed by atoms with Crippen LogP contribution in [0.3, 0.4) is 0 Å². The van der Waals surface area contributed by atoms with Crippen LogP contribution >= 0.6 is 15.9 Å². The lowest BCUT2D eigenvalue weighted by molar-refractivity contribution is 0.0954. The van der Waals surface area contributed by atoms with Crippen LogP contribution in [0.25, 0.3) is 0 Å². The summed E-state index contributed by atoms with van der Waals surface area (Å²) >= 11 is 3.30. The maximum atomic E-state index is 11.9. The highest BCUT2D eigenvalue weighted by molar-refractivity contribution is 9.10. The molecule has 0 atom stereocenters. The second-order valence-electron chi connectivity index (χ2n) is 4.24. The Labute approximate surface area is 125 Å². The summed E-state index contributed by atoms with van der Waals surface area (Å²) in [6.45, 7) is 1.91. The molecule has 0 radical (unpaired) electrons. The van der Waals surface area contributed by atoms with E-state index in [4.69, 9.17) is 0 Å². The number of hydrogen-bond acceptors (Lipinski definition) is 3. The van der Waals surface area contributed by atoms with Crippen molar-refractivity contribution in [2.24, 2.45) is 5.10 Å². The Morgan fingerprint density at radius 1 is 1.30 bits per heavy atom. The minimum atomic E-state index is -0.319. The Balaban J connectivity index is 2.09. The molecule has 0 unspecified atom stereocenters. The molecule has 2 rings (SSSR count). The molecule has 0 aliphatic rings. The Hall–Kier alpha value is -2.14. The van der Waals surface area contributed by atoms with E-state index in [-0.39, 0.29) is 11.7 Å². The van der Waals surface area contributed by atoms with Crippen molar-refractivity contribution < 1.29 is 9.90 Å². The van der Waals surface area contributed by atoms with Gasteiger partial charge in [0.1, 0.15) is 5.75 Å². The number of nitrogens with zero attached hydrogens (tertiary/aromatic N) is 1. The molecule has 2 N–H and O–H groups in total. The van der Waals surface area contributed by atoms with E-state index >= 15 is 0 Å². The van der Waals surface area contributed by atoms with Crippen LogP contribution in [-0.2, 0) is 0 Å². The minimum Gasteiger partial charge on any atom is -0.507 e. The lowest BCUT2D eigenvalue weighted by Crippen LogP contribution is -2.18. The van der Waals surface area contributed by atoms with Crippen LogP contribution in [0.5, 0.6) is 5.75 Å². The highest BCUT2D eigenvalue weighted by Crippen LogP contribution is 2.16. The van der Waals surface area contributed by atoms with Crippen molar-refractivity contribution in [2.75, 3.05) is 0 Å². The molecular weight excluding hydrogens is 320 g/mol. The van der Waals surface area contributed by atoms with Crippen LogP contribution in [-0.4, -0.2) is 17.2 Å². The largest absolute Gasteiger partial charge is 0.507 e. The first-order chi connectivity index (χ1) is 9.58. The van der Waals surface area contributed by atoms with E-state index in [1.165, 1.54) is 6.21 Å². The van der Waals surface area contributed by atoms with Gasteiger partial charge in [-0.3, -0.25) is 4.79 Å². The smallest absolute Gasteiger partial charge is 0.272 e. The number of phenolic OH excluding ortho intramolecular Hbond substituents is 1. The molecule has 0 saturated heterocycles. The first-order valence-corrected chi connectivity index (χ1v) is 6.75. The summed E-state index contributed by atoms with van der Waals surface area (Å²) in [5.74, 6) is -0.199. The fraction of sp³-hybridized carbons (Fsp3) is 0.0667. The highest BCUT2D eigenvalue weighted by Gasteiger charge is 2.07. The molecule has 0 heterocycles. The molecule has 20 heavy (non-hydrogen) atoms. The molecule has 0 aliphatic heterocycles. The van der Waals surface area contributed by atoms with Crippen molar-refractivity contribution in [1.29, 1.82) is 0 Å². The number of halogens is 1. The summed E-state index contributed by atoms with van der Waals surface area (Å²) in [5, 5.41) is 13.5.